The van der Waals surface area contributed by atoms with Gasteiger partial charge in [-0.15, -0.1) is 11.3 Å². The molecule has 1 aliphatic carbocycles. The van der Waals surface area contributed by atoms with Crippen LogP contribution in [-0.2, 0) is 16.6 Å². The molecular weight excluding hydrogens is 434 g/mol. The summed E-state index contributed by atoms with van der Waals surface area (Å²) in [6, 6.07) is 5.53. The minimum Gasteiger partial charge on any atom is -0.462 e. The molecule has 0 spiro atoms. The third-order valence-corrected chi connectivity index (χ3v) is 7.04. The Bertz CT molecular complexity index is 1230. The Morgan fingerprint density at radius 2 is 2.13 bits per heavy atom. The van der Waals surface area contributed by atoms with E-state index in [1.165, 1.54) is 27.7 Å². The van der Waals surface area contributed by atoms with Crippen molar-refractivity contribution >= 4 is 50.9 Å². The van der Waals surface area contributed by atoms with Crippen molar-refractivity contribution in [3.05, 3.63) is 50.6 Å². The Labute approximate surface area is 187 Å². The number of amides is 1. The van der Waals surface area contributed by atoms with Crippen molar-refractivity contribution in [2.75, 3.05) is 17.7 Å². The highest BCUT2D eigenvalue weighted by atomic mass is 32.2. The molecule has 2 heterocycles. The van der Waals surface area contributed by atoms with Gasteiger partial charge in [-0.25, -0.2) is 9.78 Å². The van der Waals surface area contributed by atoms with E-state index in [1.54, 1.807) is 14.0 Å². The molecule has 0 saturated heterocycles. The Morgan fingerprint density at radius 3 is 2.84 bits per heavy atom. The number of benzene rings is 1. The number of anilines is 1. The highest BCUT2D eigenvalue weighted by Gasteiger charge is 2.32. The van der Waals surface area contributed by atoms with Crippen LogP contribution in [0.5, 0.6) is 0 Å². The number of fused-ring (bicyclic) bond motifs is 1. The van der Waals surface area contributed by atoms with E-state index < -0.39 is 5.97 Å². The molecule has 162 valence electrons. The number of thioether (sulfide) groups is 1. The van der Waals surface area contributed by atoms with Crippen LogP contribution < -0.4 is 10.9 Å². The zero-order valence-electron chi connectivity index (χ0n) is 17.6. The third kappa shape index (κ3) is 4.52. The summed E-state index contributed by atoms with van der Waals surface area (Å²) in [5.74, 6) is -0.229. The van der Waals surface area contributed by atoms with E-state index in [1.807, 2.05) is 30.5 Å². The van der Waals surface area contributed by atoms with Crippen molar-refractivity contribution in [1.82, 2.24) is 9.55 Å². The van der Waals surface area contributed by atoms with Crippen LogP contribution in [0.2, 0.25) is 0 Å². The molecule has 0 atom stereocenters. The first-order chi connectivity index (χ1) is 14.9. The van der Waals surface area contributed by atoms with Gasteiger partial charge in [0.2, 0.25) is 5.91 Å². The van der Waals surface area contributed by atoms with Gasteiger partial charge in [0.25, 0.3) is 5.56 Å². The summed E-state index contributed by atoms with van der Waals surface area (Å²) in [5.41, 5.74) is 2.88. The van der Waals surface area contributed by atoms with Crippen molar-refractivity contribution < 1.29 is 14.3 Å². The lowest BCUT2D eigenvalue weighted by Gasteiger charge is -2.10. The first-order valence-electron chi connectivity index (χ1n) is 10.1. The number of hydrogen-bond donors (Lipinski definition) is 1. The molecular formula is C22H23N3O4S2. The second-order valence-electron chi connectivity index (χ2n) is 7.51. The Balaban J connectivity index is 1.50. The summed E-state index contributed by atoms with van der Waals surface area (Å²) < 4.78 is 6.66. The van der Waals surface area contributed by atoms with Crippen LogP contribution in [0.1, 0.15) is 47.2 Å². The van der Waals surface area contributed by atoms with Crippen molar-refractivity contribution in [2.45, 2.75) is 37.8 Å². The molecule has 31 heavy (non-hydrogen) atoms. The second kappa shape index (κ2) is 8.84. The van der Waals surface area contributed by atoms with Gasteiger partial charge in [-0.05, 0) is 55.7 Å². The number of aryl methyl sites for hydroxylation is 1. The number of hydrogen-bond acceptors (Lipinski definition) is 7. The highest BCUT2D eigenvalue weighted by Crippen LogP contribution is 2.46. The maximum absolute atomic E-state index is 12.6. The van der Waals surface area contributed by atoms with E-state index in [0.717, 1.165) is 24.0 Å². The van der Waals surface area contributed by atoms with Crippen LogP contribution >= 0.6 is 23.1 Å². The van der Waals surface area contributed by atoms with Crippen LogP contribution in [0.15, 0.2) is 33.5 Å². The van der Waals surface area contributed by atoms with Gasteiger partial charge >= 0.3 is 5.97 Å². The fraction of sp³-hybridized carbons (Fsp3) is 0.364. The minimum atomic E-state index is -0.400. The first-order valence-corrected chi connectivity index (χ1v) is 11.9. The standard InChI is InChI=1S/C22H23N3O4S2/c1-4-29-21(28)18-15(13-6-7-13)10-30-19(18)24-17(26)11-31-22-23-16-8-5-12(2)9-14(16)20(27)25(22)3/h5,8-10,13H,4,6-7,11H2,1-3H3,(H,24,26). The molecule has 1 aromatic carbocycles. The number of nitrogens with zero attached hydrogens (tertiary/aromatic N) is 2. The second-order valence-corrected chi connectivity index (χ2v) is 9.33. The van der Waals surface area contributed by atoms with Crippen LogP contribution in [0.25, 0.3) is 10.9 Å². The average molecular weight is 458 g/mol. The quantitative estimate of drug-likeness (QED) is 0.327. The minimum absolute atomic E-state index is 0.0660. The number of esters is 1. The van der Waals surface area contributed by atoms with Gasteiger partial charge in [0, 0.05) is 7.05 Å². The lowest BCUT2D eigenvalue weighted by atomic mass is 10.1. The lowest BCUT2D eigenvalue weighted by molar-refractivity contribution is -0.113. The number of carbonyl (C=O) groups excluding carboxylic acids is 2. The maximum atomic E-state index is 12.6. The van der Waals surface area contributed by atoms with E-state index in [4.69, 9.17) is 4.74 Å². The summed E-state index contributed by atoms with van der Waals surface area (Å²) in [4.78, 5) is 42.3. The van der Waals surface area contributed by atoms with Gasteiger partial charge in [-0.3, -0.25) is 14.2 Å². The Morgan fingerprint density at radius 1 is 1.35 bits per heavy atom. The molecule has 0 unspecified atom stereocenters. The molecule has 1 saturated carbocycles. The molecule has 0 bridgehead atoms. The van der Waals surface area contributed by atoms with Crippen LogP contribution in [0.3, 0.4) is 0 Å². The van der Waals surface area contributed by atoms with Crippen LogP contribution in [0.4, 0.5) is 5.00 Å². The van der Waals surface area contributed by atoms with E-state index >= 15 is 0 Å². The van der Waals surface area contributed by atoms with Crippen molar-refractivity contribution in [3.63, 3.8) is 0 Å². The number of rotatable bonds is 7. The topological polar surface area (TPSA) is 90.3 Å². The molecule has 1 aliphatic rings. The van der Waals surface area contributed by atoms with Crippen molar-refractivity contribution in [3.8, 4) is 0 Å². The molecule has 1 amide bonds. The SMILES string of the molecule is CCOC(=O)c1c(C2CC2)csc1NC(=O)CSc1nc2ccc(C)cc2c(=O)n1C. The van der Waals surface area contributed by atoms with Crippen LogP contribution in [-0.4, -0.2) is 33.8 Å². The largest absolute Gasteiger partial charge is 0.462 e. The van der Waals surface area contributed by atoms with Gasteiger partial charge in [0.15, 0.2) is 5.16 Å². The summed E-state index contributed by atoms with van der Waals surface area (Å²) >= 11 is 2.53. The molecule has 1 fully saturated rings. The summed E-state index contributed by atoms with van der Waals surface area (Å²) in [7, 11) is 1.65. The first kappa shape index (κ1) is 21.6. The zero-order chi connectivity index (χ0) is 22.1. The lowest BCUT2D eigenvalue weighted by Crippen LogP contribution is -2.21. The average Bonchev–Trinajstić information content (AvgIpc) is 3.50. The van der Waals surface area contributed by atoms with Gasteiger partial charge in [-0.2, -0.15) is 0 Å². The summed E-state index contributed by atoms with van der Waals surface area (Å²) in [6.45, 7) is 3.97. The monoisotopic (exact) mass is 457 g/mol. The molecule has 2 aromatic heterocycles. The number of nitrogens with one attached hydrogen (secondary N) is 1. The summed E-state index contributed by atoms with van der Waals surface area (Å²) in [5, 5.41) is 6.32. The van der Waals surface area contributed by atoms with Crippen molar-refractivity contribution in [1.29, 1.82) is 0 Å². The van der Waals surface area contributed by atoms with Crippen LogP contribution in [0, 0.1) is 6.92 Å². The van der Waals surface area contributed by atoms with Gasteiger partial charge in [0.1, 0.15) is 5.00 Å². The molecule has 1 N–H and O–H groups in total. The molecule has 3 aromatic rings. The maximum Gasteiger partial charge on any atom is 0.341 e. The predicted molar refractivity (Wildman–Crippen MR) is 123 cm³/mol. The predicted octanol–water partition coefficient (Wildman–Crippen LogP) is 4.09. The number of thiophene rings is 1. The number of ether oxygens (including phenoxy) is 1. The summed E-state index contributed by atoms with van der Waals surface area (Å²) in [6.07, 6.45) is 2.10. The van der Waals surface area contributed by atoms with E-state index in [0.29, 0.717) is 32.5 Å². The Hall–Kier alpha value is -2.65. The molecule has 0 radical (unpaired) electrons. The van der Waals surface area contributed by atoms with E-state index in [-0.39, 0.29) is 23.8 Å². The number of carbonyl (C=O) groups is 2. The highest BCUT2D eigenvalue weighted by molar-refractivity contribution is 7.99. The fourth-order valence-electron chi connectivity index (χ4n) is 3.36. The Kier molecular flexibility index (Phi) is 6.15. The van der Waals surface area contributed by atoms with E-state index in [9.17, 15) is 14.4 Å². The van der Waals surface area contributed by atoms with E-state index in [2.05, 4.69) is 10.3 Å². The molecule has 7 nitrogen and oxygen atoms in total. The third-order valence-electron chi connectivity index (χ3n) is 5.09. The number of aromatic nitrogens is 2. The zero-order valence-corrected chi connectivity index (χ0v) is 19.2. The normalized spacial score (nSPS) is 13.4. The fourth-order valence-corrected chi connectivity index (χ4v) is 5.18. The molecule has 9 heteroatoms. The molecule has 0 aliphatic heterocycles. The van der Waals surface area contributed by atoms with Gasteiger partial charge < -0.3 is 10.1 Å². The molecule has 4 rings (SSSR count). The van der Waals surface area contributed by atoms with Gasteiger partial charge in [0.05, 0.1) is 28.8 Å². The smallest absolute Gasteiger partial charge is 0.341 e. The van der Waals surface area contributed by atoms with Gasteiger partial charge in [-0.1, -0.05) is 23.4 Å². The van der Waals surface area contributed by atoms with Crippen molar-refractivity contribution in [2.24, 2.45) is 7.05 Å².